The highest BCUT2D eigenvalue weighted by molar-refractivity contribution is 5.99. The van der Waals surface area contributed by atoms with E-state index in [1.54, 1.807) is 30.6 Å². The van der Waals surface area contributed by atoms with E-state index in [1.807, 2.05) is 55.5 Å². The number of aromatic nitrogens is 2. The second-order valence-corrected chi connectivity index (χ2v) is 8.82. The summed E-state index contributed by atoms with van der Waals surface area (Å²) in [5.41, 5.74) is 4.54. The molecule has 0 spiro atoms. The topological polar surface area (TPSA) is 84.0 Å². The summed E-state index contributed by atoms with van der Waals surface area (Å²) in [5.74, 6) is -0.715. The van der Waals surface area contributed by atoms with Gasteiger partial charge in [0.15, 0.2) is 0 Å². The molecule has 2 heterocycles. The summed E-state index contributed by atoms with van der Waals surface area (Å²) in [6.45, 7) is 2.69. The van der Waals surface area contributed by atoms with Crippen LogP contribution < -0.4 is 10.6 Å². The number of amides is 2. The van der Waals surface area contributed by atoms with Gasteiger partial charge in [0.05, 0.1) is 0 Å². The zero-order valence-electron chi connectivity index (χ0n) is 20.7. The summed E-state index contributed by atoms with van der Waals surface area (Å²) in [6.07, 6.45) is 4.23. The molecule has 7 heteroatoms. The van der Waals surface area contributed by atoms with Crippen LogP contribution in [0.3, 0.4) is 0 Å². The Morgan fingerprint density at radius 1 is 0.838 bits per heavy atom. The number of carbonyl (C=O) groups excluding carboxylic acids is 2. The third-order valence-corrected chi connectivity index (χ3v) is 6.13. The van der Waals surface area contributed by atoms with Crippen molar-refractivity contribution in [1.82, 2.24) is 20.6 Å². The Balaban J connectivity index is 1.42. The number of nitrogens with one attached hydrogen (secondary N) is 2. The Morgan fingerprint density at radius 3 is 2.35 bits per heavy atom. The average Bonchev–Trinajstić information content (AvgIpc) is 2.93. The molecule has 2 aromatic heterocycles. The minimum Gasteiger partial charge on any atom is -0.352 e. The van der Waals surface area contributed by atoms with E-state index in [1.165, 1.54) is 12.1 Å². The molecule has 0 aliphatic heterocycles. The molecule has 4 rings (SSSR count). The molecule has 1 unspecified atom stereocenters. The molecule has 2 amide bonds. The SMILES string of the molecule is CC(CC(=O)NCc1ccccc1-c1cccnc1C(=O)NCCc1ccccn1)c1ccc(F)cc1. The molecule has 0 saturated carbocycles. The van der Waals surface area contributed by atoms with Gasteiger partial charge in [-0.1, -0.05) is 55.5 Å². The third-order valence-electron chi connectivity index (χ3n) is 6.13. The standard InChI is InChI=1S/C30H29FN4O2/c1-21(22-11-13-24(31)14-12-22)19-28(36)35-20-23-7-2-3-9-26(23)27-10-6-17-33-29(27)30(37)34-18-15-25-8-4-5-16-32-25/h2-14,16-17,21H,15,18-20H2,1H3,(H,34,37)(H,35,36). The Kier molecular flexibility index (Phi) is 8.70. The van der Waals surface area contributed by atoms with Crippen molar-refractivity contribution < 1.29 is 14.0 Å². The first kappa shape index (κ1) is 25.7. The third kappa shape index (κ3) is 7.07. The van der Waals surface area contributed by atoms with Crippen LogP contribution in [0.15, 0.2) is 91.3 Å². The number of carbonyl (C=O) groups is 2. The monoisotopic (exact) mass is 496 g/mol. The smallest absolute Gasteiger partial charge is 0.270 e. The summed E-state index contributed by atoms with van der Waals surface area (Å²) >= 11 is 0. The number of hydrogen-bond acceptors (Lipinski definition) is 4. The maximum absolute atomic E-state index is 13.2. The van der Waals surface area contributed by atoms with Crippen molar-refractivity contribution in [3.05, 3.63) is 120 Å². The highest BCUT2D eigenvalue weighted by Crippen LogP contribution is 2.26. The fourth-order valence-electron chi connectivity index (χ4n) is 4.13. The van der Waals surface area contributed by atoms with Crippen molar-refractivity contribution in [2.24, 2.45) is 0 Å². The number of halogens is 1. The van der Waals surface area contributed by atoms with E-state index in [9.17, 15) is 14.0 Å². The van der Waals surface area contributed by atoms with Crippen molar-refractivity contribution in [1.29, 1.82) is 0 Å². The van der Waals surface area contributed by atoms with Crippen molar-refractivity contribution in [2.75, 3.05) is 6.54 Å². The van der Waals surface area contributed by atoms with Gasteiger partial charge >= 0.3 is 0 Å². The maximum Gasteiger partial charge on any atom is 0.270 e. The molecule has 188 valence electrons. The number of rotatable bonds is 10. The number of pyridine rings is 2. The van der Waals surface area contributed by atoms with Crippen LogP contribution in [0.5, 0.6) is 0 Å². The van der Waals surface area contributed by atoms with Gasteiger partial charge in [-0.3, -0.25) is 19.6 Å². The normalized spacial score (nSPS) is 11.5. The first-order chi connectivity index (χ1) is 18.0. The molecule has 6 nitrogen and oxygen atoms in total. The summed E-state index contributed by atoms with van der Waals surface area (Å²) in [5, 5.41) is 5.91. The lowest BCUT2D eigenvalue weighted by Gasteiger charge is -2.15. The van der Waals surface area contributed by atoms with Gasteiger partial charge in [0.25, 0.3) is 5.91 Å². The van der Waals surface area contributed by atoms with Crippen molar-refractivity contribution in [3.8, 4) is 11.1 Å². The Morgan fingerprint density at radius 2 is 1.57 bits per heavy atom. The summed E-state index contributed by atoms with van der Waals surface area (Å²) in [6, 6.07) is 23.2. The zero-order valence-corrected chi connectivity index (χ0v) is 20.7. The Bertz CT molecular complexity index is 1340. The highest BCUT2D eigenvalue weighted by Gasteiger charge is 2.17. The molecule has 0 saturated heterocycles. The van der Waals surface area contributed by atoms with Gasteiger partial charge in [-0.05, 0) is 52.9 Å². The fourth-order valence-corrected chi connectivity index (χ4v) is 4.13. The summed E-state index contributed by atoms with van der Waals surface area (Å²) in [4.78, 5) is 34.3. The van der Waals surface area contributed by atoms with Crippen molar-refractivity contribution in [2.45, 2.75) is 32.2 Å². The van der Waals surface area contributed by atoms with Crippen LogP contribution in [0.25, 0.3) is 11.1 Å². The van der Waals surface area contributed by atoms with Gasteiger partial charge in [-0.2, -0.15) is 0 Å². The largest absolute Gasteiger partial charge is 0.352 e. The second kappa shape index (κ2) is 12.5. The first-order valence-corrected chi connectivity index (χ1v) is 12.2. The van der Waals surface area contributed by atoms with Gasteiger partial charge < -0.3 is 10.6 Å². The van der Waals surface area contributed by atoms with Gasteiger partial charge in [0.2, 0.25) is 5.91 Å². The maximum atomic E-state index is 13.2. The fraction of sp³-hybridized carbons (Fsp3) is 0.200. The Hall–Kier alpha value is -4.39. The highest BCUT2D eigenvalue weighted by atomic mass is 19.1. The van der Waals surface area contributed by atoms with Gasteiger partial charge in [-0.15, -0.1) is 0 Å². The minimum absolute atomic E-state index is 0.0458. The summed E-state index contributed by atoms with van der Waals surface area (Å²) < 4.78 is 13.2. The van der Waals surface area contributed by atoms with Crippen LogP contribution in [-0.4, -0.2) is 28.3 Å². The van der Waals surface area contributed by atoms with E-state index in [0.29, 0.717) is 30.8 Å². The molecule has 0 bridgehead atoms. The lowest BCUT2D eigenvalue weighted by Crippen LogP contribution is -2.27. The number of nitrogens with zero attached hydrogens (tertiary/aromatic N) is 2. The average molecular weight is 497 g/mol. The van der Waals surface area contributed by atoms with Crippen LogP contribution in [-0.2, 0) is 17.8 Å². The van der Waals surface area contributed by atoms with Crippen molar-refractivity contribution in [3.63, 3.8) is 0 Å². The molecule has 0 aliphatic carbocycles. The van der Waals surface area contributed by atoms with E-state index in [0.717, 1.165) is 22.4 Å². The predicted octanol–water partition coefficient (Wildman–Crippen LogP) is 5.07. The molecule has 1 atom stereocenters. The molecule has 2 N–H and O–H groups in total. The van der Waals surface area contributed by atoms with Gasteiger partial charge in [0.1, 0.15) is 11.5 Å². The van der Waals surface area contributed by atoms with Crippen LogP contribution in [0.2, 0.25) is 0 Å². The van der Waals surface area contributed by atoms with Crippen LogP contribution in [0.1, 0.15) is 46.6 Å². The molecule has 37 heavy (non-hydrogen) atoms. The van der Waals surface area contributed by atoms with E-state index in [-0.39, 0.29) is 30.0 Å². The zero-order chi connectivity index (χ0) is 26.0. The molecule has 0 fully saturated rings. The lowest BCUT2D eigenvalue weighted by molar-refractivity contribution is -0.121. The minimum atomic E-state index is -0.298. The van der Waals surface area contributed by atoms with E-state index in [4.69, 9.17) is 0 Å². The van der Waals surface area contributed by atoms with Gasteiger partial charge in [0, 0.05) is 49.6 Å². The second-order valence-electron chi connectivity index (χ2n) is 8.82. The molecule has 0 aliphatic rings. The van der Waals surface area contributed by atoms with Crippen molar-refractivity contribution >= 4 is 11.8 Å². The van der Waals surface area contributed by atoms with Crippen LogP contribution in [0, 0.1) is 5.82 Å². The molecular weight excluding hydrogens is 467 g/mol. The molecule has 0 radical (unpaired) electrons. The molecule has 4 aromatic rings. The number of hydrogen-bond donors (Lipinski definition) is 2. The van der Waals surface area contributed by atoms with E-state index in [2.05, 4.69) is 20.6 Å². The molecule has 2 aromatic carbocycles. The lowest BCUT2D eigenvalue weighted by atomic mass is 9.96. The predicted molar refractivity (Wildman–Crippen MR) is 141 cm³/mol. The van der Waals surface area contributed by atoms with E-state index >= 15 is 0 Å². The summed E-state index contributed by atoms with van der Waals surface area (Å²) in [7, 11) is 0. The van der Waals surface area contributed by atoms with Crippen LogP contribution >= 0.6 is 0 Å². The molecular formula is C30H29FN4O2. The van der Waals surface area contributed by atoms with E-state index < -0.39 is 0 Å². The quantitative estimate of drug-likeness (QED) is 0.321. The van der Waals surface area contributed by atoms with Crippen LogP contribution in [0.4, 0.5) is 4.39 Å². The first-order valence-electron chi connectivity index (χ1n) is 12.2. The van der Waals surface area contributed by atoms with Gasteiger partial charge in [-0.25, -0.2) is 4.39 Å². The Labute approximate surface area is 216 Å². The number of benzene rings is 2.